The fraction of sp³-hybridized carbons (Fsp3) is 0.172. The SMILES string of the molecule is COc1cccc(COc2cc(C(NCCN)c3c(O)c4ccccc4c4occ(C(=O)O)c34)ccn2)c1. The summed E-state index contributed by atoms with van der Waals surface area (Å²) in [4.78, 5) is 16.5. The number of carboxylic acid groups (broad SMARTS) is 1. The molecule has 9 nitrogen and oxygen atoms in total. The van der Waals surface area contributed by atoms with Crippen LogP contribution in [0.2, 0.25) is 0 Å². The van der Waals surface area contributed by atoms with Gasteiger partial charge in [-0.15, -0.1) is 0 Å². The van der Waals surface area contributed by atoms with Crippen LogP contribution in [0.1, 0.15) is 33.1 Å². The summed E-state index contributed by atoms with van der Waals surface area (Å²) in [5.74, 6) is -0.104. The van der Waals surface area contributed by atoms with Crippen LogP contribution in [0.4, 0.5) is 0 Å². The van der Waals surface area contributed by atoms with E-state index in [1.807, 2.05) is 30.3 Å². The van der Waals surface area contributed by atoms with Gasteiger partial charge in [-0.1, -0.05) is 36.4 Å². The summed E-state index contributed by atoms with van der Waals surface area (Å²) in [7, 11) is 1.61. The molecular formula is C29H27N3O6. The van der Waals surface area contributed by atoms with Crippen LogP contribution in [0, 0.1) is 0 Å². The second-order valence-electron chi connectivity index (χ2n) is 8.71. The molecule has 9 heteroatoms. The molecule has 0 saturated carbocycles. The van der Waals surface area contributed by atoms with Crippen LogP contribution >= 0.6 is 0 Å². The molecule has 194 valence electrons. The number of pyridine rings is 1. The van der Waals surface area contributed by atoms with Gasteiger partial charge < -0.3 is 35.2 Å². The highest BCUT2D eigenvalue weighted by molar-refractivity contribution is 6.15. The summed E-state index contributed by atoms with van der Waals surface area (Å²) in [5, 5.41) is 26.3. The number of hydrogen-bond donors (Lipinski definition) is 4. The van der Waals surface area contributed by atoms with Crippen LogP contribution in [0.5, 0.6) is 17.4 Å². The number of methoxy groups -OCH3 is 1. The molecule has 0 bridgehead atoms. The molecule has 0 radical (unpaired) electrons. The van der Waals surface area contributed by atoms with Crippen molar-refractivity contribution in [2.24, 2.45) is 5.73 Å². The zero-order valence-corrected chi connectivity index (χ0v) is 20.7. The van der Waals surface area contributed by atoms with Crippen LogP contribution in [-0.2, 0) is 6.61 Å². The molecule has 2 heterocycles. The Hall–Kier alpha value is -4.60. The summed E-state index contributed by atoms with van der Waals surface area (Å²) >= 11 is 0. The number of nitrogens with zero attached hydrogens (tertiary/aromatic N) is 1. The highest BCUT2D eigenvalue weighted by atomic mass is 16.5. The van der Waals surface area contributed by atoms with Gasteiger partial charge in [-0.3, -0.25) is 0 Å². The van der Waals surface area contributed by atoms with E-state index in [2.05, 4.69) is 10.3 Å². The molecule has 1 unspecified atom stereocenters. The van der Waals surface area contributed by atoms with Gasteiger partial charge in [0.1, 0.15) is 35.5 Å². The lowest BCUT2D eigenvalue weighted by Crippen LogP contribution is -2.28. The number of benzene rings is 3. The average molecular weight is 514 g/mol. The molecule has 0 aliphatic heterocycles. The number of nitrogens with two attached hydrogens (primary N) is 1. The van der Waals surface area contributed by atoms with Crippen LogP contribution in [0.15, 0.2) is 77.5 Å². The number of fused-ring (bicyclic) bond motifs is 3. The molecule has 0 saturated heterocycles. The van der Waals surface area contributed by atoms with Gasteiger partial charge in [0, 0.05) is 47.1 Å². The van der Waals surface area contributed by atoms with E-state index < -0.39 is 12.0 Å². The number of aromatic hydroxyl groups is 1. The molecule has 2 aromatic heterocycles. The molecule has 0 amide bonds. The summed E-state index contributed by atoms with van der Waals surface area (Å²) in [6.45, 7) is 1.00. The Morgan fingerprint density at radius 3 is 2.71 bits per heavy atom. The molecule has 5 N–H and O–H groups in total. The number of furan rings is 1. The van der Waals surface area contributed by atoms with Gasteiger partial charge in [0.25, 0.3) is 0 Å². The van der Waals surface area contributed by atoms with Crippen LogP contribution < -0.4 is 20.5 Å². The van der Waals surface area contributed by atoms with E-state index >= 15 is 0 Å². The number of nitrogens with one attached hydrogen (secondary N) is 1. The van der Waals surface area contributed by atoms with Gasteiger partial charge in [0.15, 0.2) is 0 Å². The smallest absolute Gasteiger partial charge is 0.339 e. The van der Waals surface area contributed by atoms with Gasteiger partial charge in [0.05, 0.1) is 13.2 Å². The fourth-order valence-electron chi connectivity index (χ4n) is 4.63. The topological polar surface area (TPSA) is 140 Å². The van der Waals surface area contributed by atoms with Gasteiger partial charge in [-0.2, -0.15) is 0 Å². The van der Waals surface area contributed by atoms with Crippen molar-refractivity contribution in [3.8, 4) is 17.4 Å². The van der Waals surface area contributed by atoms with Gasteiger partial charge in [-0.25, -0.2) is 9.78 Å². The van der Waals surface area contributed by atoms with Crippen molar-refractivity contribution in [1.82, 2.24) is 10.3 Å². The number of aromatic nitrogens is 1. The maximum atomic E-state index is 12.1. The molecular weight excluding hydrogens is 486 g/mol. The second kappa shape index (κ2) is 10.8. The number of carbonyl (C=O) groups is 1. The average Bonchev–Trinajstić information content (AvgIpc) is 3.39. The second-order valence-corrected chi connectivity index (χ2v) is 8.71. The molecule has 0 aliphatic carbocycles. The summed E-state index contributed by atoms with van der Waals surface area (Å²) < 4.78 is 17.0. The Labute approximate surface area is 218 Å². The number of hydrogen-bond acceptors (Lipinski definition) is 8. The van der Waals surface area contributed by atoms with Crippen molar-refractivity contribution in [2.75, 3.05) is 20.2 Å². The van der Waals surface area contributed by atoms with E-state index in [1.54, 1.807) is 43.6 Å². The molecule has 1 atom stereocenters. The summed E-state index contributed by atoms with van der Waals surface area (Å²) in [5.41, 5.74) is 8.15. The molecule has 38 heavy (non-hydrogen) atoms. The van der Waals surface area contributed by atoms with Gasteiger partial charge in [-0.05, 0) is 29.3 Å². The third-order valence-electron chi connectivity index (χ3n) is 6.37. The number of ether oxygens (including phenoxy) is 2. The lowest BCUT2D eigenvalue weighted by molar-refractivity contribution is 0.0698. The first-order valence-electron chi connectivity index (χ1n) is 12.0. The number of aromatic carboxylic acids is 1. The van der Waals surface area contributed by atoms with E-state index in [0.29, 0.717) is 51.8 Å². The quantitative estimate of drug-likeness (QED) is 0.211. The van der Waals surface area contributed by atoms with Crippen LogP contribution in [0.25, 0.3) is 21.7 Å². The van der Waals surface area contributed by atoms with E-state index in [9.17, 15) is 15.0 Å². The lowest BCUT2D eigenvalue weighted by atomic mass is 9.90. The first-order valence-corrected chi connectivity index (χ1v) is 12.0. The Bertz CT molecular complexity index is 1610. The van der Waals surface area contributed by atoms with E-state index in [0.717, 1.165) is 11.3 Å². The van der Waals surface area contributed by atoms with E-state index in [1.165, 1.54) is 6.26 Å². The Balaban J connectivity index is 1.61. The predicted octanol–water partition coefficient (Wildman–Crippen LogP) is 4.61. The van der Waals surface area contributed by atoms with E-state index in [4.69, 9.17) is 19.6 Å². The van der Waals surface area contributed by atoms with Crippen molar-refractivity contribution in [2.45, 2.75) is 12.6 Å². The summed E-state index contributed by atoms with van der Waals surface area (Å²) in [6, 6.07) is 17.6. The minimum atomic E-state index is -1.16. The van der Waals surface area contributed by atoms with Crippen molar-refractivity contribution >= 4 is 27.7 Å². The number of phenols is 1. The normalized spacial score (nSPS) is 12.1. The zero-order chi connectivity index (χ0) is 26.6. The van der Waals surface area contributed by atoms with Gasteiger partial charge >= 0.3 is 5.97 Å². The first kappa shape index (κ1) is 25.1. The zero-order valence-electron chi connectivity index (χ0n) is 20.7. The number of rotatable bonds is 10. The largest absolute Gasteiger partial charge is 0.507 e. The van der Waals surface area contributed by atoms with Crippen molar-refractivity contribution in [3.63, 3.8) is 0 Å². The van der Waals surface area contributed by atoms with Crippen LogP contribution in [0.3, 0.4) is 0 Å². The molecule has 0 fully saturated rings. The highest BCUT2D eigenvalue weighted by Gasteiger charge is 2.28. The molecule has 5 rings (SSSR count). The monoisotopic (exact) mass is 513 g/mol. The predicted molar refractivity (Wildman–Crippen MR) is 143 cm³/mol. The molecule has 3 aromatic carbocycles. The first-order chi connectivity index (χ1) is 18.5. The van der Waals surface area contributed by atoms with Gasteiger partial charge in [0.2, 0.25) is 5.88 Å². The minimum Gasteiger partial charge on any atom is -0.507 e. The van der Waals surface area contributed by atoms with Crippen molar-refractivity contribution in [3.05, 3.63) is 95.4 Å². The van der Waals surface area contributed by atoms with E-state index in [-0.39, 0.29) is 17.9 Å². The van der Waals surface area contributed by atoms with Crippen molar-refractivity contribution in [1.29, 1.82) is 0 Å². The molecule has 0 spiro atoms. The Morgan fingerprint density at radius 1 is 1.13 bits per heavy atom. The minimum absolute atomic E-state index is 0.0396. The molecule has 5 aromatic rings. The summed E-state index contributed by atoms with van der Waals surface area (Å²) in [6.07, 6.45) is 2.81. The Morgan fingerprint density at radius 2 is 1.95 bits per heavy atom. The Kier molecular flexibility index (Phi) is 7.12. The lowest BCUT2D eigenvalue weighted by Gasteiger charge is -2.23. The maximum absolute atomic E-state index is 12.1. The standard InChI is InChI=1S/C29H27N3O6/c1-36-19-6-4-5-17(13-19)15-37-23-14-18(9-11-31-23)26(32-12-10-30)25-24-22(29(34)35)16-38-28(24)21-8-3-2-7-20(21)27(25)33/h2-9,11,13-14,16,26,32-33H,10,12,15,30H2,1H3,(H,34,35). The maximum Gasteiger partial charge on any atom is 0.339 e. The molecule has 0 aliphatic rings. The fourth-order valence-corrected chi connectivity index (χ4v) is 4.63. The number of carboxylic acids is 1. The van der Waals surface area contributed by atoms with Crippen molar-refractivity contribution < 1.29 is 28.9 Å². The van der Waals surface area contributed by atoms with Crippen LogP contribution in [-0.4, -0.2) is 41.4 Å². The highest BCUT2D eigenvalue weighted by Crippen LogP contribution is 2.44. The third-order valence-corrected chi connectivity index (χ3v) is 6.37. The number of phenolic OH excluding ortho intramolecular Hbond substituents is 1. The third kappa shape index (κ3) is 4.72.